The molecule has 356 valence electrons. The molecule has 3 aliphatic rings. The third kappa shape index (κ3) is 9.44. The van der Waals surface area contributed by atoms with Gasteiger partial charge in [0.05, 0.1) is 35.0 Å². The summed E-state index contributed by atoms with van der Waals surface area (Å²) in [4.78, 5) is 40.6. The number of anilines is 3. The van der Waals surface area contributed by atoms with E-state index < -0.39 is 5.60 Å². The summed E-state index contributed by atoms with van der Waals surface area (Å²) >= 11 is 0. The smallest absolute Gasteiger partial charge is 0.278 e. The highest BCUT2D eigenvalue weighted by molar-refractivity contribution is 5.93. The molecule has 0 aliphatic carbocycles. The number of nitrogens with one attached hydrogen (secondary N) is 1. The fourth-order valence-corrected chi connectivity index (χ4v) is 9.65. The quantitative estimate of drug-likeness (QED) is 0.0761. The molecule has 5 heterocycles. The van der Waals surface area contributed by atoms with Gasteiger partial charge < -0.3 is 29.7 Å². The van der Waals surface area contributed by atoms with Crippen molar-refractivity contribution in [2.45, 2.75) is 132 Å². The number of rotatable bonds is 10. The van der Waals surface area contributed by atoms with Crippen LogP contribution in [0.5, 0.6) is 11.5 Å². The van der Waals surface area contributed by atoms with Gasteiger partial charge in [-0.25, -0.2) is 4.68 Å². The van der Waals surface area contributed by atoms with Crippen LogP contribution in [0.1, 0.15) is 112 Å². The number of carbonyl (C=O) groups excluding carboxylic acids is 2. The highest BCUT2D eigenvalue weighted by Crippen LogP contribution is 2.47. The third-order valence-corrected chi connectivity index (χ3v) is 13.5. The SMILES string of the molecule is CC(=O)N(Cc1c(N)c(C)c(C)c2c1CC(C)(C)O2)c1ccc(-c2ccn[nH]2)cc1.CC(=O)N(Cc1c2c(c(C)c(C)c1[N+](=O)[O-])OC(C)(C)C2)c1ccc(-c2ccn(C3CCCCO3)n2)cc1. The highest BCUT2D eigenvalue weighted by atomic mass is 16.6. The van der Waals surface area contributed by atoms with Crippen molar-refractivity contribution in [1.82, 2.24) is 20.0 Å². The first-order chi connectivity index (χ1) is 32.2. The molecule has 3 N–H and O–H groups in total. The van der Waals surface area contributed by atoms with E-state index in [0.717, 1.165) is 105 Å². The number of aromatic nitrogens is 4. The summed E-state index contributed by atoms with van der Waals surface area (Å²) in [6.07, 6.45) is 8.09. The fourth-order valence-electron chi connectivity index (χ4n) is 9.65. The third-order valence-electron chi connectivity index (χ3n) is 13.5. The van der Waals surface area contributed by atoms with E-state index >= 15 is 0 Å². The Labute approximate surface area is 397 Å². The lowest BCUT2D eigenvalue weighted by molar-refractivity contribution is -0.386. The lowest BCUT2D eigenvalue weighted by Gasteiger charge is -2.25. The molecular weight excluding hydrogens is 861 g/mol. The monoisotopic (exact) mass is 922 g/mol. The molecule has 1 unspecified atom stereocenters. The lowest BCUT2D eigenvalue weighted by atomic mass is 9.91. The van der Waals surface area contributed by atoms with Crippen LogP contribution in [-0.4, -0.2) is 54.5 Å². The number of nitrogens with zero attached hydrogens (tertiary/aromatic N) is 6. The Bertz CT molecular complexity index is 2880. The second-order valence-electron chi connectivity index (χ2n) is 19.4. The first-order valence-electron chi connectivity index (χ1n) is 23.2. The van der Waals surface area contributed by atoms with Crippen LogP contribution < -0.4 is 25.0 Å². The Hall–Kier alpha value is -7.00. The first-order valence-corrected chi connectivity index (χ1v) is 23.2. The van der Waals surface area contributed by atoms with E-state index in [9.17, 15) is 19.7 Å². The van der Waals surface area contributed by atoms with Gasteiger partial charge in [0.25, 0.3) is 5.69 Å². The molecule has 0 radical (unpaired) electrons. The summed E-state index contributed by atoms with van der Waals surface area (Å²) in [7, 11) is 0. The zero-order chi connectivity index (χ0) is 48.8. The maximum absolute atomic E-state index is 12.8. The van der Waals surface area contributed by atoms with E-state index in [0.29, 0.717) is 35.5 Å². The van der Waals surface area contributed by atoms with Crippen molar-refractivity contribution in [3.05, 3.63) is 128 Å². The number of benzene rings is 4. The number of H-pyrrole nitrogens is 1. The molecule has 6 aromatic rings. The molecule has 0 saturated carbocycles. The summed E-state index contributed by atoms with van der Waals surface area (Å²) in [5, 5.41) is 23.9. The van der Waals surface area contributed by atoms with Gasteiger partial charge >= 0.3 is 0 Å². The van der Waals surface area contributed by atoms with Gasteiger partial charge in [0.1, 0.15) is 28.9 Å². The van der Waals surface area contributed by atoms with Crippen LogP contribution in [0, 0.1) is 37.8 Å². The molecule has 1 saturated heterocycles. The molecular formula is C53H62N8O7. The van der Waals surface area contributed by atoms with Crippen molar-refractivity contribution in [2.75, 3.05) is 22.1 Å². The van der Waals surface area contributed by atoms with Gasteiger partial charge in [-0.2, -0.15) is 10.2 Å². The van der Waals surface area contributed by atoms with Crippen molar-refractivity contribution >= 4 is 34.6 Å². The maximum Gasteiger partial charge on any atom is 0.278 e. The van der Waals surface area contributed by atoms with Gasteiger partial charge in [-0.3, -0.25) is 24.8 Å². The second kappa shape index (κ2) is 18.6. The standard InChI is InChI=1S/C29H34N4O5.C24H28N4O2/c1-18-19(2)28-23(16-29(4,5)38-28)24(27(18)33(35)36)17-31(20(3)34)22-11-9-21(10-12-22)25-13-14-32(30-25)26-8-6-7-15-37-26;1-14-15(2)23-19(12-24(4,5)30-23)20(22(14)25)13-28(16(3)29)18-8-6-17(7-9-18)21-10-11-26-27-21/h9-14,26H,6-8,15-17H2,1-5H3;6-11H,12-13,25H2,1-5H3,(H,26,27). The number of nitrogen functional groups attached to an aromatic ring is 1. The average molecular weight is 923 g/mol. The van der Waals surface area contributed by atoms with Gasteiger partial charge in [0.2, 0.25) is 11.8 Å². The molecule has 4 aromatic carbocycles. The summed E-state index contributed by atoms with van der Waals surface area (Å²) in [6.45, 7) is 20.1. The molecule has 1 atom stereocenters. The largest absolute Gasteiger partial charge is 0.487 e. The Balaban J connectivity index is 0.000000189. The molecule has 3 aliphatic heterocycles. The van der Waals surface area contributed by atoms with Gasteiger partial charge in [-0.1, -0.05) is 24.3 Å². The van der Waals surface area contributed by atoms with E-state index in [2.05, 4.69) is 24.0 Å². The minimum atomic E-state index is -0.474. The summed E-state index contributed by atoms with van der Waals surface area (Å²) < 4.78 is 20.1. The van der Waals surface area contributed by atoms with Crippen LogP contribution in [0.3, 0.4) is 0 Å². The fraction of sp³-hybridized carbons (Fsp3) is 0.396. The summed E-state index contributed by atoms with van der Waals surface area (Å²) in [5.74, 6) is 1.38. The normalized spacial score (nSPS) is 16.4. The van der Waals surface area contributed by atoms with Crippen LogP contribution in [0.15, 0.2) is 73.1 Å². The molecule has 1 fully saturated rings. The molecule has 0 spiro atoms. The van der Waals surface area contributed by atoms with E-state index in [1.54, 1.807) is 29.8 Å². The summed E-state index contributed by atoms with van der Waals surface area (Å²) in [5.41, 5.74) is 18.6. The van der Waals surface area contributed by atoms with Crippen LogP contribution in [0.25, 0.3) is 22.5 Å². The molecule has 0 bridgehead atoms. The number of hydrogen-bond donors (Lipinski definition) is 2. The molecule has 68 heavy (non-hydrogen) atoms. The number of carbonyl (C=O) groups is 2. The van der Waals surface area contributed by atoms with Crippen LogP contribution in [0.4, 0.5) is 22.7 Å². The number of fused-ring (bicyclic) bond motifs is 2. The number of aromatic amines is 1. The average Bonchev–Trinajstić information content (AvgIpc) is 4.14. The predicted octanol–water partition coefficient (Wildman–Crippen LogP) is 10.6. The Morgan fingerprint density at radius 2 is 1.32 bits per heavy atom. The van der Waals surface area contributed by atoms with Crippen molar-refractivity contribution in [3.63, 3.8) is 0 Å². The lowest BCUT2D eigenvalue weighted by Crippen LogP contribution is -2.29. The second-order valence-corrected chi connectivity index (χ2v) is 19.4. The van der Waals surface area contributed by atoms with Crippen LogP contribution >= 0.6 is 0 Å². The number of nitro groups is 1. The molecule has 2 aromatic heterocycles. The van der Waals surface area contributed by atoms with Crippen molar-refractivity contribution in [1.29, 1.82) is 0 Å². The molecule has 9 rings (SSSR count). The number of hydrogen-bond acceptors (Lipinski definition) is 10. The zero-order valence-corrected chi connectivity index (χ0v) is 40.8. The van der Waals surface area contributed by atoms with Crippen molar-refractivity contribution in [2.24, 2.45) is 0 Å². The van der Waals surface area contributed by atoms with Crippen LogP contribution in [0.2, 0.25) is 0 Å². The van der Waals surface area contributed by atoms with Gasteiger partial charge in [-0.05, 0) is 128 Å². The number of amides is 2. The minimum Gasteiger partial charge on any atom is -0.487 e. The topological polar surface area (TPSA) is 184 Å². The van der Waals surface area contributed by atoms with Gasteiger partial charge in [0.15, 0.2) is 0 Å². The summed E-state index contributed by atoms with van der Waals surface area (Å²) in [6, 6.07) is 19.3. The number of ether oxygens (including phenoxy) is 3. The van der Waals surface area contributed by atoms with E-state index in [-0.39, 0.29) is 40.8 Å². The molecule has 15 heteroatoms. The first kappa shape index (κ1) is 47.5. The van der Waals surface area contributed by atoms with Gasteiger partial charge in [0, 0.05) is 96.1 Å². The Kier molecular flexibility index (Phi) is 13.0. The van der Waals surface area contributed by atoms with Crippen molar-refractivity contribution < 1.29 is 28.7 Å². The number of nitro benzene ring substituents is 1. The van der Waals surface area contributed by atoms with Gasteiger partial charge in [-0.15, -0.1) is 0 Å². The Morgan fingerprint density at radius 3 is 1.84 bits per heavy atom. The maximum atomic E-state index is 12.8. The van der Waals surface area contributed by atoms with E-state index in [1.807, 2.05) is 106 Å². The zero-order valence-electron chi connectivity index (χ0n) is 40.8. The number of nitrogens with two attached hydrogens (primary N) is 1. The van der Waals surface area contributed by atoms with Crippen LogP contribution in [-0.2, 0) is 40.3 Å². The highest BCUT2D eigenvalue weighted by Gasteiger charge is 2.39. The molecule has 2 amide bonds. The Morgan fingerprint density at radius 1 is 0.779 bits per heavy atom. The van der Waals surface area contributed by atoms with Crippen molar-refractivity contribution in [3.8, 4) is 34.0 Å². The molecule has 15 nitrogen and oxygen atoms in total. The van der Waals surface area contributed by atoms with E-state index in [4.69, 9.17) is 25.0 Å². The predicted molar refractivity (Wildman–Crippen MR) is 264 cm³/mol. The van der Waals surface area contributed by atoms with E-state index in [1.165, 1.54) is 6.92 Å². The minimum absolute atomic E-state index is 0.0329.